The van der Waals surface area contributed by atoms with Crippen LogP contribution in [0.15, 0.2) is 0 Å². The minimum absolute atomic E-state index is 0.0130. The summed E-state index contributed by atoms with van der Waals surface area (Å²) in [5.74, 6) is 0.0130. The summed E-state index contributed by atoms with van der Waals surface area (Å²) in [7, 11) is 0. The van der Waals surface area contributed by atoms with Gasteiger partial charge >= 0.3 is 0 Å². The van der Waals surface area contributed by atoms with Crippen molar-refractivity contribution in [3.8, 4) is 0 Å². The molecule has 0 aliphatic rings. The minimum Gasteiger partial charge on any atom is -0.371 e. The van der Waals surface area contributed by atoms with Crippen LogP contribution in [0.3, 0.4) is 0 Å². The highest BCUT2D eigenvalue weighted by atomic mass is 16.6. The number of carbonyl (C=O) groups is 1. The Morgan fingerprint density at radius 1 is 1.50 bits per heavy atom. The molecule has 3 nitrogen and oxygen atoms in total. The lowest BCUT2D eigenvalue weighted by molar-refractivity contribution is -0.126. The van der Waals surface area contributed by atoms with E-state index in [1.165, 1.54) is 0 Å². The molecule has 10 heavy (non-hydrogen) atoms. The fourth-order valence-electron chi connectivity index (χ4n) is 0.262. The topological polar surface area (TPSA) is 46.5 Å². The average molecular weight is 148 g/mol. The second-order valence-corrected chi connectivity index (χ2v) is 1.37. The summed E-state index contributed by atoms with van der Waals surface area (Å²) in [4.78, 5) is 10.3. The molecule has 0 unspecified atom stereocenters. The molecule has 0 atom stereocenters. The van der Waals surface area contributed by atoms with Crippen LogP contribution in [0, 0.1) is 0 Å². The van der Waals surface area contributed by atoms with Gasteiger partial charge in [0.25, 0.3) is 0 Å². The molecule has 3 heteroatoms. The Morgan fingerprint density at radius 3 is 2.30 bits per heavy atom. The molecule has 0 saturated carbocycles. The Kier molecular flexibility index (Phi) is 14.0. The van der Waals surface area contributed by atoms with Crippen molar-refractivity contribution in [3.63, 3.8) is 0 Å². The number of aliphatic hydroxyl groups excluding tert-OH is 1. The molecule has 0 heterocycles. The maximum absolute atomic E-state index is 10.3. The van der Waals surface area contributed by atoms with Gasteiger partial charge in [-0.05, 0) is 0 Å². The zero-order chi connectivity index (χ0) is 8.41. The Bertz CT molecular complexity index is 71.3. The molecule has 0 aliphatic heterocycles. The Hall–Kier alpha value is -0.410. The second-order valence-electron chi connectivity index (χ2n) is 1.37. The van der Waals surface area contributed by atoms with E-state index in [0.717, 1.165) is 0 Å². The predicted molar refractivity (Wildman–Crippen MR) is 39.7 cm³/mol. The van der Waals surface area contributed by atoms with Crippen molar-refractivity contribution < 1.29 is 14.6 Å². The third kappa shape index (κ3) is 10.5. The van der Waals surface area contributed by atoms with Crippen molar-refractivity contribution in [1.29, 1.82) is 0 Å². The zero-order valence-corrected chi connectivity index (χ0v) is 6.89. The lowest BCUT2D eigenvalue weighted by Gasteiger charge is -1.94. The Morgan fingerprint density at radius 2 is 2.00 bits per heavy atom. The summed E-state index contributed by atoms with van der Waals surface area (Å²) in [6.45, 7) is 5.42. The molecule has 62 valence electrons. The number of rotatable bonds is 4. The van der Waals surface area contributed by atoms with E-state index in [4.69, 9.17) is 5.11 Å². The summed E-state index contributed by atoms with van der Waals surface area (Å²) < 4.78 is 4.39. The van der Waals surface area contributed by atoms with Crippen molar-refractivity contribution >= 4 is 5.78 Å². The van der Waals surface area contributed by atoms with Gasteiger partial charge in [-0.15, -0.1) is 0 Å². The molecule has 0 aromatic rings. The molecule has 0 aromatic carbocycles. The molecule has 0 rings (SSSR count). The first kappa shape index (κ1) is 12.3. The maximum atomic E-state index is 10.3. The number of ether oxygens (including phenoxy) is 1. The van der Waals surface area contributed by atoms with E-state index in [2.05, 4.69) is 4.74 Å². The second kappa shape index (κ2) is 11.4. The van der Waals surface area contributed by atoms with Crippen molar-refractivity contribution in [2.24, 2.45) is 0 Å². The largest absolute Gasteiger partial charge is 0.371 e. The fourth-order valence-corrected chi connectivity index (χ4v) is 0.262. The van der Waals surface area contributed by atoms with Crippen molar-refractivity contribution in [3.05, 3.63) is 0 Å². The molecular weight excluding hydrogens is 132 g/mol. The predicted octanol–water partition coefficient (Wildman–Crippen LogP) is 0.958. The SMILES string of the molecule is CC.CCC(=O)COCO. The minimum atomic E-state index is -0.369. The summed E-state index contributed by atoms with van der Waals surface area (Å²) in [6, 6.07) is 0. The summed E-state index contributed by atoms with van der Waals surface area (Å²) in [5, 5.41) is 8.04. The highest BCUT2D eigenvalue weighted by molar-refractivity contribution is 5.79. The van der Waals surface area contributed by atoms with Crippen LogP contribution in [0.5, 0.6) is 0 Å². The van der Waals surface area contributed by atoms with Gasteiger partial charge in [0.15, 0.2) is 5.78 Å². The molecule has 0 saturated heterocycles. The summed E-state index contributed by atoms with van der Waals surface area (Å²) in [6.07, 6.45) is 0.472. The average Bonchev–Trinajstić information content (AvgIpc) is 2.04. The molecule has 0 bridgehead atoms. The van der Waals surface area contributed by atoms with Crippen LogP contribution in [-0.4, -0.2) is 24.3 Å². The van der Waals surface area contributed by atoms with Gasteiger partial charge in [-0.25, -0.2) is 0 Å². The molecule has 0 aliphatic carbocycles. The number of carbonyl (C=O) groups excluding carboxylic acids is 1. The highest BCUT2D eigenvalue weighted by Gasteiger charge is 1.94. The first-order valence-electron chi connectivity index (χ1n) is 3.51. The van der Waals surface area contributed by atoms with E-state index in [1.54, 1.807) is 6.92 Å². The Labute approximate surface area is 62.0 Å². The number of ketones is 1. The lowest BCUT2D eigenvalue weighted by Crippen LogP contribution is -2.06. The van der Waals surface area contributed by atoms with Gasteiger partial charge in [-0.2, -0.15) is 0 Å². The molecule has 0 fully saturated rings. The quantitative estimate of drug-likeness (QED) is 0.604. The van der Waals surface area contributed by atoms with E-state index in [-0.39, 0.29) is 19.2 Å². The van der Waals surface area contributed by atoms with Gasteiger partial charge in [-0.3, -0.25) is 4.79 Å². The van der Waals surface area contributed by atoms with E-state index in [0.29, 0.717) is 6.42 Å². The number of aliphatic hydroxyl groups is 1. The van der Waals surface area contributed by atoms with Gasteiger partial charge in [0, 0.05) is 6.42 Å². The van der Waals surface area contributed by atoms with Crippen LogP contribution in [-0.2, 0) is 9.53 Å². The van der Waals surface area contributed by atoms with Crippen molar-refractivity contribution in [2.45, 2.75) is 27.2 Å². The first-order chi connectivity index (χ1) is 4.81. The molecule has 1 N–H and O–H groups in total. The van der Waals surface area contributed by atoms with Gasteiger partial charge in [0.05, 0.1) is 0 Å². The van der Waals surface area contributed by atoms with Crippen molar-refractivity contribution in [2.75, 3.05) is 13.4 Å². The molecule has 0 radical (unpaired) electrons. The van der Waals surface area contributed by atoms with Gasteiger partial charge < -0.3 is 9.84 Å². The van der Waals surface area contributed by atoms with Crippen LogP contribution in [0.25, 0.3) is 0 Å². The smallest absolute Gasteiger partial charge is 0.158 e. The van der Waals surface area contributed by atoms with Gasteiger partial charge in [0.2, 0.25) is 0 Å². The summed E-state index contributed by atoms with van der Waals surface area (Å²) in [5.41, 5.74) is 0. The zero-order valence-electron chi connectivity index (χ0n) is 6.89. The molecule has 0 amide bonds. The molecule has 0 aromatic heterocycles. The van der Waals surface area contributed by atoms with Crippen LogP contribution in [0.2, 0.25) is 0 Å². The third-order valence-electron chi connectivity index (χ3n) is 0.749. The van der Waals surface area contributed by atoms with Gasteiger partial charge in [-0.1, -0.05) is 20.8 Å². The van der Waals surface area contributed by atoms with E-state index < -0.39 is 0 Å². The van der Waals surface area contributed by atoms with Gasteiger partial charge in [0.1, 0.15) is 13.4 Å². The molecule has 0 spiro atoms. The van der Waals surface area contributed by atoms with Crippen LogP contribution in [0.4, 0.5) is 0 Å². The van der Waals surface area contributed by atoms with E-state index >= 15 is 0 Å². The van der Waals surface area contributed by atoms with Crippen LogP contribution < -0.4 is 0 Å². The van der Waals surface area contributed by atoms with Crippen LogP contribution in [0.1, 0.15) is 27.2 Å². The van der Waals surface area contributed by atoms with E-state index in [9.17, 15) is 4.79 Å². The number of hydrogen-bond donors (Lipinski definition) is 1. The Balaban J connectivity index is 0. The van der Waals surface area contributed by atoms with E-state index in [1.807, 2.05) is 13.8 Å². The number of Topliss-reactive ketones (excluding diaryl/α,β-unsaturated/α-hetero) is 1. The number of hydrogen-bond acceptors (Lipinski definition) is 3. The van der Waals surface area contributed by atoms with Crippen molar-refractivity contribution in [1.82, 2.24) is 0 Å². The monoisotopic (exact) mass is 148 g/mol. The maximum Gasteiger partial charge on any atom is 0.158 e. The first-order valence-corrected chi connectivity index (χ1v) is 3.51. The lowest BCUT2D eigenvalue weighted by atomic mass is 10.3. The third-order valence-corrected chi connectivity index (χ3v) is 0.749. The summed E-state index contributed by atoms with van der Waals surface area (Å²) >= 11 is 0. The fraction of sp³-hybridized carbons (Fsp3) is 0.857. The normalized spacial score (nSPS) is 8.00. The standard InChI is InChI=1S/C5H10O3.C2H6/c1-2-5(7)3-8-4-6;1-2/h6H,2-4H2,1H3;1-2H3. The highest BCUT2D eigenvalue weighted by Crippen LogP contribution is 1.80. The van der Waals surface area contributed by atoms with Crippen LogP contribution >= 0.6 is 0 Å². The molecular formula is C7H16O3.